The lowest BCUT2D eigenvalue weighted by atomic mass is 10.1. The molecular formula is C22H14N2O5. The van der Waals surface area contributed by atoms with Gasteiger partial charge in [0.05, 0.1) is 21.7 Å². The van der Waals surface area contributed by atoms with Gasteiger partial charge in [0.1, 0.15) is 11.5 Å². The zero-order valence-electron chi connectivity index (χ0n) is 15.0. The highest BCUT2D eigenvalue weighted by Gasteiger charge is 2.11. The third kappa shape index (κ3) is 3.74. The molecule has 142 valence electrons. The Morgan fingerprint density at radius 2 is 1.86 bits per heavy atom. The van der Waals surface area contributed by atoms with E-state index in [0.29, 0.717) is 33.7 Å². The van der Waals surface area contributed by atoms with Crippen LogP contribution in [0.1, 0.15) is 21.8 Å². The number of aromatic nitrogens is 1. The third-order valence-corrected chi connectivity index (χ3v) is 4.35. The second-order valence-corrected chi connectivity index (χ2v) is 6.26. The summed E-state index contributed by atoms with van der Waals surface area (Å²) >= 11 is 0. The molecule has 1 N–H and O–H groups in total. The first kappa shape index (κ1) is 18.1. The molecule has 0 unspecified atom stereocenters. The number of rotatable bonds is 5. The van der Waals surface area contributed by atoms with Gasteiger partial charge in [0.25, 0.3) is 5.69 Å². The largest absolute Gasteiger partial charge is 0.478 e. The van der Waals surface area contributed by atoms with Crippen LogP contribution >= 0.6 is 0 Å². The van der Waals surface area contributed by atoms with Gasteiger partial charge in [-0.3, -0.25) is 10.1 Å². The predicted octanol–water partition coefficient (Wildman–Crippen LogP) is 5.27. The standard InChI is InChI=1S/C22H14N2O5/c25-22(26)19-13-15(23-20-7-2-1-6-18(19)20)8-9-17-10-11-21(29-17)14-4-3-5-16(12-14)24(27)28/h1-13H,(H,25,26). The lowest BCUT2D eigenvalue weighted by Crippen LogP contribution is -2.00. The van der Waals surface area contributed by atoms with Gasteiger partial charge < -0.3 is 9.52 Å². The number of hydrogen-bond acceptors (Lipinski definition) is 5. The van der Waals surface area contributed by atoms with E-state index in [1.54, 1.807) is 60.7 Å². The summed E-state index contributed by atoms with van der Waals surface area (Å²) in [4.78, 5) is 26.5. The molecule has 0 spiro atoms. The van der Waals surface area contributed by atoms with Crippen LogP contribution < -0.4 is 0 Å². The predicted molar refractivity (Wildman–Crippen MR) is 108 cm³/mol. The summed E-state index contributed by atoms with van der Waals surface area (Å²) in [5.41, 5.74) is 1.82. The number of furan rings is 1. The molecule has 2 aromatic heterocycles. The minimum absolute atomic E-state index is 0.0162. The van der Waals surface area contributed by atoms with Crippen molar-refractivity contribution in [2.75, 3.05) is 0 Å². The van der Waals surface area contributed by atoms with Crippen LogP contribution in [-0.4, -0.2) is 21.0 Å². The number of pyridine rings is 1. The van der Waals surface area contributed by atoms with Crippen molar-refractivity contribution in [3.8, 4) is 11.3 Å². The number of carboxylic acids is 1. The molecule has 0 bridgehead atoms. The molecule has 7 heteroatoms. The Labute approximate surface area is 164 Å². The van der Waals surface area contributed by atoms with Gasteiger partial charge in [-0.05, 0) is 36.4 Å². The molecule has 2 aromatic carbocycles. The molecule has 0 aliphatic rings. The van der Waals surface area contributed by atoms with Crippen LogP contribution in [0.15, 0.2) is 71.1 Å². The van der Waals surface area contributed by atoms with Gasteiger partial charge in [-0.15, -0.1) is 0 Å². The van der Waals surface area contributed by atoms with Crippen molar-refractivity contribution >= 4 is 34.7 Å². The summed E-state index contributed by atoms with van der Waals surface area (Å²) < 4.78 is 5.74. The van der Waals surface area contributed by atoms with E-state index in [0.717, 1.165) is 0 Å². The molecule has 0 saturated heterocycles. The van der Waals surface area contributed by atoms with Crippen molar-refractivity contribution in [3.05, 3.63) is 93.9 Å². The van der Waals surface area contributed by atoms with Crippen molar-refractivity contribution in [1.82, 2.24) is 4.98 Å². The number of nitro benzene ring substituents is 1. The Morgan fingerprint density at radius 3 is 2.66 bits per heavy atom. The van der Waals surface area contributed by atoms with Gasteiger partial charge in [0.2, 0.25) is 0 Å². The van der Waals surface area contributed by atoms with Crippen molar-refractivity contribution < 1.29 is 19.2 Å². The van der Waals surface area contributed by atoms with Gasteiger partial charge in [-0.25, -0.2) is 9.78 Å². The highest BCUT2D eigenvalue weighted by atomic mass is 16.6. The van der Waals surface area contributed by atoms with E-state index in [9.17, 15) is 20.0 Å². The lowest BCUT2D eigenvalue weighted by molar-refractivity contribution is -0.384. The fraction of sp³-hybridized carbons (Fsp3) is 0. The van der Waals surface area contributed by atoms with Crippen LogP contribution in [0.4, 0.5) is 5.69 Å². The molecule has 0 amide bonds. The molecule has 7 nitrogen and oxygen atoms in total. The molecular weight excluding hydrogens is 372 g/mol. The van der Waals surface area contributed by atoms with Crippen LogP contribution in [0, 0.1) is 10.1 Å². The summed E-state index contributed by atoms with van der Waals surface area (Å²) in [6.07, 6.45) is 3.33. The van der Waals surface area contributed by atoms with E-state index in [2.05, 4.69) is 4.98 Å². The number of fused-ring (bicyclic) bond motifs is 1. The molecule has 2 heterocycles. The first-order chi connectivity index (χ1) is 14.0. The van der Waals surface area contributed by atoms with Crippen LogP contribution in [0.3, 0.4) is 0 Å². The Bertz CT molecular complexity index is 1270. The maximum atomic E-state index is 11.6. The SMILES string of the molecule is O=C(O)c1cc(C=Cc2ccc(-c3cccc([N+](=O)[O-])c3)o2)nc2ccccc12. The number of para-hydroxylation sites is 1. The minimum Gasteiger partial charge on any atom is -0.478 e. The van der Waals surface area contributed by atoms with Gasteiger partial charge in [0, 0.05) is 23.1 Å². The van der Waals surface area contributed by atoms with Gasteiger partial charge in [-0.1, -0.05) is 30.3 Å². The van der Waals surface area contributed by atoms with Crippen LogP contribution in [0.2, 0.25) is 0 Å². The number of non-ortho nitro benzene ring substituents is 1. The Morgan fingerprint density at radius 1 is 1.03 bits per heavy atom. The molecule has 4 aromatic rings. The number of benzene rings is 2. The van der Waals surface area contributed by atoms with E-state index >= 15 is 0 Å². The molecule has 29 heavy (non-hydrogen) atoms. The second kappa shape index (κ2) is 7.40. The minimum atomic E-state index is -1.02. The van der Waals surface area contributed by atoms with Crippen LogP contribution in [0.25, 0.3) is 34.4 Å². The summed E-state index contributed by atoms with van der Waals surface area (Å²) in [6, 6.07) is 18.2. The van der Waals surface area contributed by atoms with Gasteiger partial charge >= 0.3 is 5.97 Å². The Balaban J connectivity index is 1.65. The number of hydrogen-bond donors (Lipinski definition) is 1. The van der Waals surface area contributed by atoms with Gasteiger partial charge in [0.15, 0.2) is 0 Å². The quantitative estimate of drug-likeness (QED) is 0.370. The first-order valence-electron chi connectivity index (χ1n) is 8.67. The fourth-order valence-electron chi connectivity index (χ4n) is 3.00. The van der Waals surface area contributed by atoms with Gasteiger partial charge in [-0.2, -0.15) is 0 Å². The maximum absolute atomic E-state index is 11.6. The van der Waals surface area contributed by atoms with E-state index in [-0.39, 0.29) is 11.3 Å². The number of nitrogens with zero attached hydrogens (tertiary/aromatic N) is 2. The number of nitro groups is 1. The van der Waals surface area contributed by atoms with Crippen molar-refractivity contribution in [2.45, 2.75) is 0 Å². The highest BCUT2D eigenvalue weighted by Crippen LogP contribution is 2.26. The smallest absolute Gasteiger partial charge is 0.336 e. The van der Waals surface area contributed by atoms with E-state index in [1.165, 1.54) is 18.2 Å². The van der Waals surface area contributed by atoms with E-state index in [1.807, 2.05) is 0 Å². The van der Waals surface area contributed by atoms with E-state index < -0.39 is 10.9 Å². The summed E-state index contributed by atoms with van der Waals surface area (Å²) in [5, 5.41) is 21.0. The average molecular weight is 386 g/mol. The van der Waals surface area contributed by atoms with E-state index in [4.69, 9.17) is 4.42 Å². The molecule has 0 fully saturated rings. The molecule has 0 aliphatic carbocycles. The fourth-order valence-corrected chi connectivity index (χ4v) is 3.00. The molecule has 0 saturated carbocycles. The number of aromatic carboxylic acids is 1. The average Bonchev–Trinajstić information content (AvgIpc) is 3.20. The summed E-state index contributed by atoms with van der Waals surface area (Å²) in [5.74, 6) is -0.0198. The van der Waals surface area contributed by atoms with Crippen molar-refractivity contribution in [1.29, 1.82) is 0 Å². The zero-order chi connectivity index (χ0) is 20.4. The Hall–Kier alpha value is -4.26. The summed E-state index contributed by atoms with van der Waals surface area (Å²) in [6.45, 7) is 0. The lowest BCUT2D eigenvalue weighted by Gasteiger charge is -2.03. The maximum Gasteiger partial charge on any atom is 0.336 e. The normalized spacial score (nSPS) is 11.2. The number of carboxylic acid groups (broad SMARTS) is 1. The molecule has 4 rings (SSSR count). The monoisotopic (exact) mass is 386 g/mol. The molecule has 0 atom stereocenters. The van der Waals surface area contributed by atoms with Crippen LogP contribution in [0.5, 0.6) is 0 Å². The van der Waals surface area contributed by atoms with Crippen LogP contribution in [-0.2, 0) is 0 Å². The topological polar surface area (TPSA) is 106 Å². The van der Waals surface area contributed by atoms with Crippen molar-refractivity contribution in [3.63, 3.8) is 0 Å². The third-order valence-electron chi connectivity index (χ3n) is 4.35. The summed E-state index contributed by atoms with van der Waals surface area (Å²) in [7, 11) is 0. The second-order valence-electron chi connectivity index (χ2n) is 6.26. The molecule has 0 radical (unpaired) electrons. The molecule has 0 aliphatic heterocycles. The highest BCUT2D eigenvalue weighted by molar-refractivity contribution is 6.03. The van der Waals surface area contributed by atoms with Crippen molar-refractivity contribution in [2.24, 2.45) is 0 Å². The first-order valence-corrected chi connectivity index (χ1v) is 8.67. The Kier molecular flexibility index (Phi) is 4.62. The zero-order valence-corrected chi connectivity index (χ0v) is 15.0. The number of carbonyl (C=O) groups is 1.